The first-order valence-corrected chi connectivity index (χ1v) is 9.83. The number of carbonyl (C=O) groups excluding carboxylic acids is 2. The Bertz CT molecular complexity index is 1060. The van der Waals surface area contributed by atoms with Crippen molar-refractivity contribution >= 4 is 34.0 Å². The molecule has 5 nitrogen and oxygen atoms in total. The lowest BCUT2D eigenvalue weighted by Crippen LogP contribution is -2.35. The third-order valence-corrected chi connectivity index (χ3v) is 5.36. The molecule has 0 radical (unpaired) electrons. The Morgan fingerprint density at radius 3 is 2.86 bits per heavy atom. The molecule has 2 aromatic carbocycles. The molecule has 0 spiro atoms. The van der Waals surface area contributed by atoms with Crippen molar-refractivity contribution in [3.8, 4) is 11.3 Å². The summed E-state index contributed by atoms with van der Waals surface area (Å²) in [6, 6.07) is 11.6. The number of nitrogens with zero attached hydrogens (tertiary/aromatic N) is 2. The van der Waals surface area contributed by atoms with Gasteiger partial charge in [-0.05, 0) is 48.7 Å². The molecule has 2 amide bonds. The van der Waals surface area contributed by atoms with Gasteiger partial charge < -0.3 is 10.2 Å². The zero-order chi connectivity index (χ0) is 19.7. The Hall–Kier alpha value is -3.06. The molecule has 3 aromatic rings. The number of carbonyl (C=O) groups is 2. The average Bonchev–Trinajstić information content (AvgIpc) is 3.14. The maximum Gasteiger partial charge on any atom is 0.258 e. The van der Waals surface area contributed by atoms with Gasteiger partial charge in [-0.25, -0.2) is 9.37 Å². The van der Waals surface area contributed by atoms with Crippen LogP contribution >= 0.6 is 11.3 Å². The largest absolute Gasteiger partial charge is 0.308 e. The van der Waals surface area contributed by atoms with Gasteiger partial charge in [0.15, 0.2) is 5.13 Å². The Balaban J connectivity index is 1.63. The highest BCUT2D eigenvalue weighted by Crippen LogP contribution is 2.33. The number of aromatic nitrogens is 1. The highest BCUT2D eigenvalue weighted by Gasteiger charge is 2.24. The van der Waals surface area contributed by atoms with Gasteiger partial charge in [-0.3, -0.25) is 9.59 Å². The van der Waals surface area contributed by atoms with E-state index in [9.17, 15) is 14.0 Å². The van der Waals surface area contributed by atoms with Gasteiger partial charge >= 0.3 is 0 Å². The molecule has 142 valence electrons. The summed E-state index contributed by atoms with van der Waals surface area (Å²) < 4.78 is 13.5. The minimum Gasteiger partial charge on any atom is -0.308 e. The summed E-state index contributed by atoms with van der Waals surface area (Å²) in [6.45, 7) is 2.05. The fourth-order valence-corrected chi connectivity index (χ4v) is 4.12. The molecular formula is C21H18FN3O2S. The fraction of sp³-hybridized carbons (Fsp3) is 0.190. The quantitative estimate of drug-likeness (QED) is 0.710. The number of halogens is 1. The number of hydrogen-bond acceptors (Lipinski definition) is 4. The second-order valence-corrected chi connectivity index (χ2v) is 7.49. The standard InChI is InChI=1S/C21H18FN3O2S/c1-13(26)23-21-24-18(12-28-21)14-7-8-19-15(10-14)5-3-9-25(19)20(27)16-4-2-6-17(22)11-16/h2,4,6-8,10-12H,3,5,9H2,1H3,(H,23,24,26). The molecule has 4 rings (SSSR count). The zero-order valence-electron chi connectivity index (χ0n) is 15.2. The molecule has 1 aliphatic heterocycles. The Morgan fingerprint density at radius 1 is 1.21 bits per heavy atom. The van der Waals surface area contributed by atoms with E-state index < -0.39 is 5.82 Å². The van der Waals surface area contributed by atoms with Crippen LogP contribution in [0.2, 0.25) is 0 Å². The van der Waals surface area contributed by atoms with Gasteiger partial charge in [0.2, 0.25) is 5.91 Å². The topological polar surface area (TPSA) is 62.3 Å². The van der Waals surface area contributed by atoms with Crippen LogP contribution in [0.5, 0.6) is 0 Å². The summed E-state index contributed by atoms with van der Waals surface area (Å²) in [5, 5.41) is 5.14. The predicted molar refractivity (Wildman–Crippen MR) is 108 cm³/mol. The first-order chi connectivity index (χ1) is 13.5. The third-order valence-electron chi connectivity index (χ3n) is 4.60. The van der Waals surface area contributed by atoms with Gasteiger partial charge in [-0.2, -0.15) is 0 Å². The van der Waals surface area contributed by atoms with Gasteiger partial charge in [0.1, 0.15) is 5.82 Å². The van der Waals surface area contributed by atoms with Crippen molar-refractivity contribution in [1.29, 1.82) is 0 Å². The van der Waals surface area contributed by atoms with Crippen LogP contribution in [-0.2, 0) is 11.2 Å². The van der Waals surface area contributed by atoms with E-state index in [4.69, 9.17) is 0 Å². The summed E-state index contributed by atoms with van der Waals surface area (Å²) in [5.41, 5.74) is 3.97. The van der Waals surface area contributed by atoms with Crippen LogP contribution in [0.4, 0.5) is 15.2 Å². The van der Waals surface area contributed by atoms with E-state index in [2.05, 4.69) is 10.3 Å². The number of rotatable bonds is 3. The molecule has 0 bridgehead atoms. The summed E-state index contributed by atoms with van der Waals surface area (Å²) in [5.74, 6) is -0.774. The molecule has 0 saturated carbocycles. The Morgan fingerprint density at radius 2 is 2.07 bits per heavy atom. The number of amides is 2. The molecule has 0 atom stereocenters. The van der Waals surface area contributed by atoms with Crippen LogP contribution in [-0.4, -0.2) is 23.3 Å². The average molecular weight is 395 g/mol. The van der Waals surface area contributed by atoms with E-state index >= 15 is 0 Å². The third kappa shape index (κ3) is 3.66. The van der Waals surface area contributed by atoms with Crippen molar-refractivity contribution in [2.75, 3.05) is 16.8 Å². The molecule has 0 saturated heterocycles. The fourth-order valence-electron chi connectivity index (χ4n) is 3.36. The molecule has 1 aliphatic rings. The second-order valence-electron chi connectivity index (χ2n) is 6.63. The number of benzene rings is 2. The Labute approximate surface area is 165 Å². The van der Waals surface area contributed by atoms with E-state index in [-0.39, 0.29) is 11.8 Å². The number of thiazole rings is 1. The van der Waals surface area contributed by atoms with E-state index in [1.807, 2.05) is 23.6 Å². The lowest BCUT2D eigenvalue weighted by Gasteiger charge is -2.30. The molecule has 0 unspecified atom stereocenters. The van der Waals surface area contributed by atoms with Crippen LogP contribution < -0.4 is 10.2 Å². The van der Waals surface area contributed by atoms with Crippen molar-refractivity contribution in [3.05, 3.63) is 64.8 Å². The van der Waals surface area contributed by atoms with Gasteiger partial charge in [0.05, 0.1) is 5.69 Å². The van der Waals surface area contributed by atoms with E-state index in [0.717, 1.165) is 35.3 Å². The monoisotopic (exact) mass is 395 g/mol. The first kappa shape index (κ1) is 18.3. The van der Waals surface area contributed by atoms with Crippen LogP contribution in [0.25, 0.3) is 11.3 Å². The molecule has 0 aliphatic carbocycles. The zero-order valence-corrected chi connectivity index (χ0v) is 16.1. The first-order valence-electron chi connectivity index (χ1n) is 8.95. The maximum absolute atomic E-state index is 13.5. The van der Waals surface area contributed by atoms with Gasteiger partial charge in [-0.1, -0.05) is 12.1 Å². The van der Waals surface area contributed by atoms with Crippen molar-refractivity contribution in [3.63, 3.8) is 0 Å². The molecule has 1 N–H and O–H groups in total. The van der Waals surface area contributed by atoms with Gasteiger partial charge in [-0.15, -0.1) is 11.3 Å². The summed E-state index contributed by atoms with van der Waals surface area (Å²) in [4.78, 5) is 30.2. The SMILES string of the molecule is CC(=O)Nc1nc(-c2ccc3c(c2)CCCN3C(=O)c2cccc(F)c2)cs1. The van der Waals surface area contributed by atoms with Gasteiger partial charge in [0, 0.05) is 35.7 Å². The summed E-state index contributed by atoms with van der Waals surface area (Å²) in [6.07, 6.45) is 1.70. The van der Waals surface area contributed by atoms with Crippen LogP contribution in [0.3, 0.4) is 0 Å². The number of aryl methyl sites for hydroxylation is 1. The minimum absolute atomic E-state index is 0.155. The molecule has 7 heteroatoms. The van der Waals surface area contributed by atoms with Crippen LogP contribution in [0.1, 0.15) is 29.3 Å². The van der Waals surface area contributed by atoms with Gasteiger partial charge in [0.25, 0.3) is 5.91 Å². The number of anilines is 2. The highest BCUT2D eigenvalue weighted by molar-refractivity contribution is 7.14. The molecule has 28 heavy (non-hydrogen) atoms. The predicted octanol–water partition coefficient (Wildman–Crippen LogP) is 4.50. The lowest BCUT2D eigenvalue weighted by atomic mass is 9.97. The summed E-state index contributed by atoms with van der Waals surface area (Å²) >= 11 is 1.37. The molecular weight excluding hydrogens is 377 g/mol. The van der Waals surface area contributed by atoms with E-state index in [1.54, 1.807) is 17.0 Å². The number of hydrogen-bond donors (Lipinski definition) is 1. The molecule has 0 fully saturated rings. The van der Waals surface area contributed by atoms with Crippen molar-refractivity contribution in [2.24, 2.45) is 0 Å². The molecule has 2 heterocycles. The van der Waals surface area contributed by atoms with Crippen LogP contribution in [0.15, 0.2) is 47.8 Å². The maximum atomic E-state index is 13.5. The second kappa shape index (κ2) is 7.52. The van der Waals surface area contributed by atoms with Crippen molar-refractivity contribution in [1.82, 2.24) is 4.98 Å². The highest BCUT2D eigenvalue weighted by atomic mass is 32.1. The lowest BCUT2D eigenvalue weighted by molar-refractivity contribution is -0.114. The van der Waals surface area contributed by atoms with Crippen molar-refractivity contribution < 1.29 is 14.0 Å². The summed E-state index contributed by atoms with van der Waals surface area (Å²) in [7, 11) is 0. The Kier molecular flexibility index (Phi) is 4.92. The van der Waals surface area contributed by atoms with Crippen LogP contribution in [0, 0.1) is 5.82 Å². The van der Waals surface area contributed by atoms with E-state index in [0.29, 0.717) is 17.2 Å². The van der Waals surface area contributed by atoms with E-state index in [1.165, 1.54) is 30.4 Å². The number of nitrogens with one attached hydrogen (secondary N) is 1. The number of fused-ring (bicyclic) bond motifs is 1. The van der Waals surface area contributed by atoms with Crippen molar-refractivity contribution in [2.45, 2.75) is 19.8 Å². The minimum atomic E-state index is -0.420. The molecule has 1 aromatic heterocycles. The normalized spacial score (nSPS) is 13.1. The smallest absolute Gasteiger partial charge is 0.258 e.